The summed E-state index contributed by atoms with van der Waals surface area (Å²) in [4.78, 5) is 4.10. The molecular weight excluding hydrogens is 234 g/mol. The summed E-state index contributed by atoms with van der Waals surface area (Å²) in [5.41, 5.74) is 7.35. The van der Waals surface area contributed by atoms with Crippen molar-refractivity contribution in [2.24, 2.45) is 5.73 Å². The Kier molecular flexibility index (Phi) is 4.12. The topological polar surface area (TPSA) is 48.1 Å². The van der Waals surface area contributed by atoms with E-state index in [1.54, 1.807) is 19.9 Å². The van der Waals surface area contributed by atoms with Crippen molar-refractivity contribution in [1.29, 1.82) is 0 Å². The predicted octanol–water partition coefficient (Wildman–Crippen LogP) is 1.98. The summed E-state index contributed by atoms with van der Waals surface area (Å²) < 4.78 is 29.0. The average molecular weight is 246 g/mol. The number of thiocarbonyl (C=S) groups is 1. The van der Waals surface area contributed by atoms with Crippen LogP contribution in [0, 0.1) is 13.8 Å². The first-order valence-corrected chi connectivity index (χ1v) is 5.01. The van der Waals surface area contributed by atoms with E-state index >= 15 is 0 Å². The van der Waals surface area contributed by atoms with Crippen molar-refractivity contribution in [3.05, 3.63) is 22.9 Å². The number of ether oxygens (including phenoxy) is 1. The van der Waals surface area contributed by atoms with Crippen LogP contribution in [0.4, 0.5) is 8.78 Å². The van der Waals surface area contributed by atoms with E-state index in [9.17, 15) is 8.78 Å². The van der Waals surface area contributed by atoms with E-state index in [-0.39, 0.29) is 10.9 Å². The van der Waals surface area contributed by atoms with Crippen LogP contribution in [0.5, 0.6) is 5.88 Å². The molecule has 0 amide bonds. The van der Waals surface area contributed by atoms with Gasteiger partial charge < -0.3 is 10.5 Å². The molecule has 0 saturated heterocycles. The summed E-state index contributed by atoms with van der Waals surface area (Å²) in [5, 5.41) is 0. The second-order valence-corrected chi connectivity index (χ2v) is 3.77. The van der Waals surface area contributed by atoms with Gasteiger partial charge in [-0.05, 0) is 25.5 Å². The maximum Gasteiger partial charge on any atom is 0.272 e. The molecule has 1 heterocycles. The number of aromatic nitrogens is 1. The minimum Gasteiger partial charge on any atom is -0.471 e. The number of nitrogens with zero attached hydrogens (tertiary/aromatic N) is 1. The van der Waals surface area contributed by atoms with Crippen LogP contribution < -0.4 is 10.5 Å². The van der Waals surface area contributed by atoms with Gasteiger partial charge in [0.15, 0.2) is 6.61 Å². The molecule has 0 unspecified atom stereocenters. The number of rotatable bonds is 4. The highest BCUT2D eigenvalue weighted by Gasteiger charge is 2.14. The van der Waals surface area contributed by atoms with E-state index in [1.165, 1.54) is 0 Å². The van der Waals surface area contributed by atoms with Gasteiger partial charge in [0.05, 0.1) is 5.56 Å². The standard InChI is InChI=1S/C10H12F2N2OS/c1-5-3-6(2)14-10(8(5)9(13)16)15-4-7(11)12/h3,7H,4H2,1-2H3,(H2,13,16). The number of nitrogens with two attached hydrogens (primary N) is 1. The molecule has 0 aliphatic rings. The Morgan fingerprint density at radius 1 is 1.56 bits per heavy atom. The largest absolute Gasteiger partial charge is 0.471 e. The zero-order chi connectivity index (χ0) is 12.3. The fourth-order valence-corrected chi connectivity index (χ4v) is 1.60. The molecular formula is C10H12F2N2OS. The quantitative estimate of drug-likeness (QED) is 0.825. The lowest BCUT2D eigenvalue weighted by Crippen LogP contribution is -2.17. The van der Waals surface area contributed by atoms with Crippen molar-refractivity contribution in [1.82, 2.24) is 4.98 Å². The van der Waals surface area contributed by atoms with Crippen LogP contribution >= 0.6 is 12.2 Å². The molecule has 1 aromatic heterocycles. The Hall–Kier alpha value is -1.30. The van der Waals surface area contributed by atoms with Crippen molar-refractivity contribution in [3.8, 4) is 5.88 Å². The van der Waals surface area contributed by atoms with Crippen LogP contribution in [-0.4, -0.2) is 23.0 Å². The van der Waals surface area contributed by atoms with Crippen molar-refractivity contribution in [3.63, 3.8) is 0 Å². The van der Waals surface area contributed by atoms with Crippen LogP contribution in [0.3, 0.4) is 0 Å². The smallest absolute Gasteiger partial charge is 0.272 e. The highest BCUT2D eigenvalue weighted by atomic mass is 32.1. The molecule has 0 aliphatic heterocycles. The lowest BCUT2D eigenvalue weighted by molar-refractivity contribution is 0.0794. The van der Waals surface area contributed by atoms with Crippen LogP contribution in [0.2, 0.25) is 0 Å². The molecule has 16 heavy (non-hydrogen) atoms. The Morgan fingerprint density at radius 3 is 2.69 bits per heavy atom. The fraction of sp³-hybridized carbons (Fsp3) is 0.400. The fourth-order valence-electron chi connectivity index (χ4n) is 1.35. The number of pyridine rings is 1. The molecule has 1 rings (SSSR count). The van der Waals surface area contributed by atoms with E-state index in [0.717, 1.165) is 5.56 Å². The SMILES string of the molecule is Cc1cc(C)c(C(N)=S)c(OCC(F)F)n1. The van der Waals surface area contributed by atoms with E-state index in [4.69, 9.17) is 22.7 Å². The molecule has 0 radical (unpaired) electrons. The van der Waals surface area contributed by atoms with Gasteiger partial charge in [-0.1, -0.05) is 12.2 Å². The molecule has 2 N–H and O–H groups in total. The normalized spacial score (nSPS) is 10.6. The third kappa shape index (κ3) is 3.10. The first-order chi connectivity index (χ1) is 7.41. The average Bonchev–Trinajstić information content (AvgIpc) is 2.12. The van der Waals surface area contributed by atoms with Crippen molar-refractivity contribution < 1.29 is 13.5 Å². The second kappa shape index (κ2) is 5.16. The third-order valence-corrected chi connectivity index (χ3v) is 2.11. The molecule has 0 spiro atoms. The lowest BCUT2D eigenvalue weighted by Gasteiger charge is -2.12. The van der Waals surface area contributed by atoms with Crippen molar-refractivity contribution in [2.75, 3.05) is 6.61 Å². The number of halogens is 2. The highest BCUT2D eigenvalue weighted by Crippen LogP contribution is 2.21. The minimum atomic E-state index is -2.55. The monoisotopic (exact) mass is 246 g/mol. The molecule has 0 fully saturated rings. The second-order valence-electron chi connectivity index (χ2n) is 3.33. The van der Waals surface area contributed by atoms with Gasteiger partial charge >= 0.3 is 0 Å². The summed E-state index contributed by atoms with van der Waals surface area (Å²) in [5.74, 6) is 0.0744. The summed E-state index contributed by atoms with van der Waals surface area (Å²) in [6.07, 6.45) is -2.55. The Bertz CT molecular complexity index is 410. The van der Waals surface area contributed by atoms with Crippen LogP contribution in [0.15, 0.2) is 6.07 Å². The number of hydrogen-bond acceptors (Lipinski definition) is 3. The van der Waals surface area contributed by atoms with Gasteiger partial charge in [-0.3, -0.25) is 0 Å². The molecule has 0 atom stereocenters. The van der Waals surface area contributed by atoms with Crippen molar-refractivity contribution in [2.45, 2.75) is 20.3 Å². The zero-order valence-electron chi connectivity index (χ0n) is 8.96. The maximum atomic E-state index is 12.0. The molecule has 0 bridgehead atoms. The number of hydrogen-bond donors (Lipinski definition) is 1. The molecule has 0 saturated carbocycles. The van der Waals surface area contributed by atoms with Crippen LogP contribution in [-0.2, 0) is 0 Å². The number of alkyl halides is 2. The van der Waals surface area contributed by atoms with Crippen LogP contribution in [0.25, 0.3) is 0 Å². The molecule has 88 valence electrons. The zero-order valence-corrected chi connectivity index (χ0v) is 9.78. The maximum absolute atomic E-state index is 12.0. The van der Waals surface area contributed by atoms with Gasteiger partial charge in [0.2, 0.25) is 5.88 Å². The molecule has 0 aliphatic carbocycles. The first-order valence-electron chi connectivity index (χ1n) is 4.60. The summed E-state index contributed by atoms with van der Waals surface area (Å²) in [6.45, 7) is 2.80. The van der Waals surface area contributed by atoms with E-state index in [2.05, 4.69) is 4.98 Å². The first kappa shape index (κ1) is 12.8. The molecule has 6 heteroatoms. The van der Waals surface area contributed by atoms with E-state index in [0.29, 0.717) is 11.3 Å². The van der Waals surface area contributed by atoms with Crippen molar-refractivity contribution >= 4 is 17.2 Å². The van der Waals surface area contributed by atoms with E-state index < -0.39 is 13.0 Å². The molecule has 0 aromatic carbocycles. The third-order valence-electron chi connectivity index (χ3n) is 1.90. The molecule has 1 aromatic rings. The van der Waals surface area contributed by atoms with Gasteiger partial charge in [0.25, 0.3) is 6.43 Å². The van der Waals surface area contributed by atoms with Gasteiger partial charge in [-0.2, -0.15) is 0 Å². The van der Waals surface area contributed by atoms with Gasteiger partial charge in [0, 0.05) is 5.69 Å². The summed E-state index contributed by atoms with van der Waals surface area (Å²) >= 11 is 4.83. The molecule has 3 nitrogen and oxygen atoms in total. The predicted molar refractivity (Wildman–Crippen MR) is 61.1 cm³/mol. The lowest BCUT2D eigenvalue weighted by atomic mass is 10.1. The highest BCUT2D eigenvalue weighted by molar-refractivity contribution is 7.80. The Balaban J connectivity index is 3.09. The minimum absolute atomic E-state index is 0.0744. The van der Waals surface area contributed by atoms with Gasteiger partial charge in [-0.15, -0.1) is 0 Å². The Labute approximate surface area is 97.6 Å². The van der Waals surface area contributed by atoms with Gasteiger partial charge in [0.1, 0.15) is 4.99 Å². The van der Waals surface area contributed by atoms with E-state index in [1.807, 2.05) is 0 Å². The summed E-state index contributed by atoms with van der Waals surface area (Å²) in [7, 11) is 0. The Morgan fingerprint density at radius 2 is 2.19 bits per heavy atom. The summed E-state index contributed by atoms with van der Waals surface area (Å²) in [6, 6.07) is 1.77. The van der Waals surface area contributed by atoms with Gasteiger partial charge in [-0.25, -0.2) is 13.8 Å². The van der Waals surface area contributed by atoms with Crippen LogP contribution in [0.1, 0.15) is 16.8 Å². The number of aryl methyl sites for hydroxylation is 2.